The summed E-state index contributed by atoms with van der Waals surface area (Å²) in [5.41, 5.74) is 5.33. The Morgan fingerprint density at radius 2 is 0.892 bits per heavy atom. The molecule has 0 heterocycles. The van der Waals surface area contributed by atoms with Gasteiger partial charge < -0.3 is 31.5 Å². The van der Waals surface area contributed by atoms with Gasteiger partial charge >= 0.3 is 23.9 Å². The molecule has 0 atom stereocenters. The van der Waals surface area contributed by atoms with Crippen molar-refractivity contribution in [3.63, 3.8) is 0 Å². The molecule has 0 saturated carbocycles. The second-order valence-corrected chi connectivity index (χ2v) is 8.39. The number of carboxylic acids is 4. The van der Waals surface area contributed by atoms with Gasteiger partial charge in [0, 0.05) is 52.4 Å². The van der Waals surface area contributed by atoms with E-state index in [2.05, 4.69) is 5.32 Å². The van der Waals surface area contributed by atoms with E-state index in [0.29, 0.717) is 0 Å². The topological polar surface area (TPSA) is 234 Å². The van der Waals surface area contributed by atoms with E-state index in [1.165, 1.54) is 26.5 Å². The SMILES string of the molecule is CC(=O)CN(CCN(CCN(CCN(CC(=O)O)CC(=O)NCCN)CC(=O)O)CC(=O)O)CC(=O)O. The summed E-state index contributed by atoms with van der Waals surface area (Å²) in [6.45, 7) is 0.317. The Kier molecular flexibility index (Phi) is 17.4. The second-order valence-electron chi connectivity index (χ2n) is 8.39. The largest absolute Gasteiger partial charge is 0.480 e. The molecule has 0 rings (SSSR count). The predicted molar refractivity (Wildman–Crippen MR) is 129 cm³/mol. The van der Waals surface area contributed by atoms with Crippen molar-refractivity contribution < 1.29 is 49.2 Å². The number of carbonyl (C=O) groups is 6. The molecule has 0 aromatic heterocycles. The third-order valence-electron chi connectivity index (χ3n) is 4.91. The van der Waals surface area contributed by atoms with Crippen molar-refractivity contribution >= 4 is 35.6 Å². The number of carboxylic acid groups (broad SMARTS) is 4. The fourth-order valence-electron chi connectivity index (χ4n) is 3.37. The lowest BCUT2D eigenvalue weighted by atomic mass is 10.3. The van der Waals surface area contributed by atoms with Crippen LogP contribution in [-0.2, 0) is 28.8 Å². The quantitative estimate of drug-likeness (QED) is 0.0737. The highest BCUT2D eigenvalue weighted by atomic mass is 16.4. The van der Waals surface area contributed by atoms with Crippen LogP contribution in [0.1, 0.15) is 6.92 Å². The summed E-state index contributed by atoms with van der Waals surface area (Å²) in [7, 11) is 0. The molecule has 0 unspecified atom stereocenters. The van der Waals surface area contributed by atoms with Gasteiger partial charge in [-0.2, -0.15) is 0 Å². The van der Waals surface area contributed by atoms with Crippen molar-refractivity contribution in [1.82, 2.24) is 24.9 Å². The van der Waals surface area contributed by atoms with E-state index in [1.54, 1.807) is 0 Å². The van der Waals surface area contributed by atoms with Crippen LogP contribution < -0.4 is 11.1 Å². The highest BCUT2D eigenvalue weighted by Crippen LogP contribution is 1.99. The maximum atomic E-state index is 12.0. The van der Waals surface area contributed by atoms with Crippen LogP contribution in [0.4, 0.5) is 0 Å². The average molecular weight is 535 g/mol. The minimum atomic E-state index is -1.17. The van der Waals surface area contributed by atoms with Crippen LogP contribution in [0, 0.1) is 0 Å². The lowest BCUT2D eigenvalue weighted by Gasteiger charge is -2.29. The summed E-state index contributed by atoms with van der Waals surface area (Å²) in [4.78, 5) is 73.9. The monoisotopic (exact) mass is 534 g/mol. The van der Waals surface area contributed by atoms with Gasteiger partial charge in [-0.15, -0.1) is 0 Å². The van der Waals surface area contributed by atoms with Gasteiger partial charge in [0.15, 0.2) is 0 Å². The number of carbonyl (C=O) groups excluding carboxylic acids is 2. The first-order valence-electron chi connectivity index (χ1n) is 11.5. The Morgan fingerprint density at radius 3 is 1.22 bits per heavy atom. The van der Waals surface area contributed by atoms with E-state index in [4.69, 9.17) is 15.9 Å². The van der Waals surface area contributed by atoms with Crippen molar-refractivity contribution in [3.8, 4) is 0 Å². The summed E-state index contributed by atoms with van der Waals surface area (Å²) in [6.07, 6.45) is 0. The van der Waals surface area contributed by atoms with Crippen LogP contribution in [0.25, 0.3) is 0 Å². The molecule has 212 valence electrons. The Labute approximate surface area is 214 Å². The predicted octanol–water partition coefficient (Wildman–Crippen LogP) is -3.80. The molecular weight excluding hydrogens is 496 g/mol. The number of hydrogen-bond donors (Lipinski definition) is 6. The molecule has 16 heteroatoms. The normalized spacial score (nSPS) is 11.3. The number of nitrogens with one attached hydrogen (secondary N) is 1. The minimum Gasteiger partial charge on any atom is -0.480 e. The van der Waals surface area contributed by atoms with Gasteiger partial charge in [-0.25, -0.2) is 0 Å². The third kappa shape index (κ3) is 19.7. The first-order chi connectivity index (χ1) is 17.3. The van der Waals surface area contributed by atoms with Crippen molar-refractivity contribution in [3.05, 3.63) is 0 Å². The van der Waals surface area contributed by atoms with Crippen molar-refractivity contribution in [1.29, 1.82) is 0 Å². The molecule has 37 heavy (non-hydrogen) atoms. The summed E-state index contributed by atoms with van der Waals surface area (Å²) in [5.74, 6) is -5.27. The van der Waals surface area contributed by atoms with E-state index in [1.807, 2.05) is 0 Å². The standard InChI is InChI=1S/C21H38N6O10/c1-16(28)10-26(14-20(34)35)8-6-24(12-18(30)31)4-5-25(13-19(32)33)7-9-27(15-21(36)37)11-17(29)23-3-2-22/h2-15,22H2,1H3,(H,23,29)(H,30,31)(H,32,33)(H,34,35)(H,36,37). The summed E-state index contributed by atoms with van der Waals surface area (Å²) in [5, 5.41) is 39.2. The molecule has 0 aromatic carbocycles. The van der Waals surface area contributed by atoms with Gasteiger partial charge in [-0.1, -0.05) is 0 Å². The number of aliphatic carboxylic acids is 4. The Hall–Kier alpha value is -3.18. The van der Waals surface area contributed by atoms with Crippen molar-refractivity contribution in [2.45, 2.75) is 6.92 Å². The van der Waals surface area contributed by atoms with Crippen LogP contribution in [0.2, 0.25) is 0 Å². The van der Waals surface area contributed by atoms with E-state index in [0.717, 1.165) is 0 Å². The smallest absolute Gasteiger partial charge is 0.317 e. The Bertz CT molecular complexity index is 765. The number of Topliss-reactive ketones (excluding diaryl/α,β-unsaturated/α-hetero) is 1. The summed E-state index contributed by atoms with van der Waals surface area (Å²) in [6, 6.07) is 0. The van der Waals surface area contributed by atoms with Crippen molar-refractivity contribution in [2.75, 3.05) is 91.6 Å². The first-order valence-corrected chi connectivity index (χ1v) is 11.5. The lowest BCUT2D eigenvalue weighted by molar-refractivity contribution is -0.141. The number of nitrogens with two attached hydrogens (primary N) is 1. The van der Waals surface area contributed by atoms with E-state index in [-0.39, 0.29) is 71.2 Å². The Balaban J connectivity index is 5.20. The average Bonchev–Trinajstić information content (AvgIpc) is 2.75. The van der Waals surface area contributed by atoms with Gasteiger partial charge in [-0.3, -0.25) is 48.4 Å². The number of rotatable bonds is 23. The molecule has 0 aliphatic rings. The highest BCUT2D eigenvalue weighted by Gasteiger charge is 2.20. The number of ketones is 1. The van der Waals surface area contributed by atoms with E-state index < -0.39 is 56.0 Å². The third-order valence-corrected chi connectivity index (χ3v) is 4.91. The minimum absolute atomic E-state index is 0.0551. The Morgan fingerprint density at radius 1 is 0.568 bits per heavy atom. The molecular formula is C21H38N6O10. The van der Waals surface area contributed by atoms with Gasteiger partial charge in [0.25, 0.3) is 0 Å². The molecule has 0 aliphatic carbocycles. The highest BCUT2D eigenvalue weighted by molar-refractivity contribution is 5.79. The van der Waals surface area contributed by atoms with Gasteiger partial charge in [0.05, 0.1) is 39.3 Å². The molecule has 16 nitrogen and oxygen atoms in total. The van der Waals surface area contributed by atoms with Crippen LogP contribution >= 0.6 is 0 Å². The summed E-state index contributed by atoms with van der Waals surface area (Å²) < 4.78 is 0. The van der Waals surface area contributed by atoms with Gasteiger partial charge in [0.1, 0.15) is 5.78 Å². The maximum absolute atomic E-state index is 12.0. The molecule has 0 aliphatic heterocycles. The molecule has 0 aromatic rings. The first kappa shape index (κ1) is 33.8. The number of amides is 1. The molecule has 0 saturated heterocycles. The van der Waals surface area contributed by atoms with Crippen LogP contribution in [0.3, 0.4) is 0 Å². The van der Waals surface area contributed by atoms with Crippen molar-refractivity contribution in [2.24, 2.45) is 5.73 Å². The van der Waals surface area contributed by atoms with Gasteiger partial charge in [-0.05, 0) is 6.92 Å². The number of hydrogen-bond acceptors (Lipinski definition) is 11. The zero-order valence-corrected chi connectivity index (χ0v) is 21.0. The maximum Gasteiger partial charge on any atom is 0.317 e. The molecule has 7 N–H and O–H groups in total. The van der Waals surface area contributed by atoms with E-state index >= 15 is 0 Å². The van der Waals surface area contributed by atoms with Crippen LogP contribution in [0.5, 0.6) is 0 Å². The van der Waals surface area contributed by atoms with E-state index in [9.17, 15) is 39.0 Å². The number of nitrogens with zero attached hydrogens (tertiary/aromatic N) is 4. The molecule has 0 spiro atoms. The van der Waals surface area contributed by atoms with Crippen LogP contribution in [-0.4, -0.2) is 167 Å². The second kappa shape index (κ2) is 19.0. The molecule has 0 radical (unpaired) electrons. The fourth-order valence-corrected chi connectivity index (χ4v) is 3.37. The molecule has 1 amide bonds. The molecule has 0 fully saturated rings. The fraction of sp³-hybridized carbons (Fsp3) is 0.714. The summed E-state index contributed by atoms with van der Waals surface area (Å²) >= 11 is 0. The zero-order chi connectivity index (χ0) is 28.4. The lowest BCUT2D eigenvalue weighted by Crippen LogP contribution is -2.47. The zero-order valence-electron chi connectivity index (χ0n) is 21.0. The van der Waals surface area contributed by atoms with Crippen LogP contribution in [0.15, 0.2) is 0 Å². The molecule has 0 bridgehead atoms. The van der Waals surface area contributed by atoms with Gasteiger partial charge in [0.2, 0.25) is 5.91 Å².